The molecule has 0 spiro atoms. The molecule has 2 aromatic carbocycles. The van der Waals surface area contributed by atoms with Crippen LogP contribution in [-0.4, -0.2) is 65.3 Å². The van der Waals surface area contributed by atoms with Gasteiger partial charge in [0, 0.05) is 56.6 Å². The fourth-order valence-corrected chi connectivity index (χ4v) is 4.93. The summed E-state index contributed by atoms with van der Waals surface area (Å²) in [5.41, 5.74) is 3.22. The third kappa shape index (κ3) is 7.80. The zero-order chi connectivity index (χ0) is 23.5. The van der Waals surface area contributed by atoms with Gasteiger partial charge >= 0.3 is 0 Å². The molecular weight excluding hydrogens is 523 g/mol. The molecule has 0 aromatic heterocycles. The van der Waals surface area contributed by atoms with Crippen LogP contribution in [0.3, 0.4) is 0 Å². The van der Waals surface area contributed by atoms with Crippen molar-refractivity contribution < 1.29 is 15.0 Å². The van der Waals surface area contributed by atoms with Gasteiger partial charge in [-0.05, 0) is 54.7 Å². The highest BCUT2D eigenvalue weighted by Gasteiger charge is 2.30. The maximum atomic E-state index is 13.1. The molecule has 1 fully saturated rings. The summed E-state index contributed by atoms with van der Waals surface area (Å²) < 4.78 is 0. The molecule has 7 nitrogen and oxygen atoms in total. The molecular formula is C26H39Cl3N4O3. The fourth-order valence-electron chi connectivity index (χ4n) is 4.93. The predicted molar refractivity (Wildman–Crippen MR) is 152 cm³/mol. The van der Waals surface area contributed by atoms with Crippen LogP contribution in [-0.2, 0) is 17.8 Å². The SMILES string of the molecule is CC(C)[C@@H](CN1CCN(c2cccc(O)c2)[C@@H](C)C1)NC(=O)[C@H]1Cc2ccc(O)cc2CN1.Cl.Cl.Cl. The number of benzene rings is 2. The molecule has 2 heterocycles. The Morgan fingerprint density at radius 1 is 1.06 bits per heavy atom. The van der Waals surface area contributed by atoms with E-state index in [0.717, 1.165) is 43.0 Å². The van der Waals surface area contributed by atoms with Crippen molar-refractivity contribution in [1.29, 1.82) is 0 Å². The molecule has 202 valence electrons. The quantitative estimate of drug-likeness (QED) is 0.430. The molecule has 2 aromatic rings. The van der Waals surface area contributed by atoms with E-state index in [2.05, 4.69) is 41.2 Å². The van der Waals surface area contributed by atoms with Crippen LogP contribution in [0.1, 0.15) is 31.9 Å². The summed E-state index contributed by atoms with van der Waals surface area (Å²) in [6.07, 6.45) is 0.631. The lowest BCUT2D eigenvalue weighted by molar-refractivity contribution is -0.124. The molecule has 10 heteroatoms. The Bertz CT molecular complexity index is 995. The highest BCUT2D eigenvalue weighted by atomic mass is 35.5. The van der Waals surface area contributed by atoms with Crippen LogP contribution in [0.5, 0.6) is 11.5 Å². The molecule has 0 radical (unpaired) electrons. The number of aromatic hydroxyl groups is 2. The molecule has 2 aliphatic rings. The van der Waals surface area contributed by atoms with Crippen molar-refractivity contribution >= 4 is 48.8 Å². The molecule has 1 saturated heterocycles. The van der Waals surface area contributed by atoms with Gasteiger partial charge in [0.2, 0.25) is 5.91 Å². The van der Waals surface area contributed by atoms with Crippen molar-refractivity contribution in [3.63, 3.8) is 0 Å². The van der Waals surface area contributed by atoms with Crippen molar-refractivity contribution in [2.24, 2.45) is 5.92 Å². The van der Waals surface area contributed by atoms with Gasteiger partial charge in [0.15, 0.2) is 0 Å². The van der Waals surface area contributed by atoms with Crippen LogP contribution in [0, 0.1) is 5.92 Å². The third-order valence-electron chi connectivity index (χ3n) is 6.93. The number of hydrogen-bond donors (Lipinski definition) is 4. The number of amides is 1. The van der Waals surface area contributed by atoms with E-state index in [-0.39, 0.29) is 61.0 Å². The first kappa shape index (κ1) is 32.1. The minimum atomic E-state index is -0.259. The summed E-state index contributed by atoms with van der Waals surface area (Å²) in [4.78, 5) is 17.9. The summed E-state index contributed by atoms with van der Waals surface area (Å²) in [5, 5.41) is 26.1. The molecule has 0 saturated carbocycles. The molecule has 3 atom stereocenters. The second-order valence-electron chi connectivity index (χ2n) is 9.77. The number of nitrogens with zero attached hydrogens (tertiary/aromatic N) is 2. The van der Waals surface area contributed by atoms with E-state index in [1.807, 2.05) is 24.3 Å². The fraction of sp³-hybridized carbons (Fsp3) is 0.500. The summed E-state index contributed by atoms with van der Waals surface area (Å²) in [7, 11) is 0. The van der Waals surface area contributed by atoms with Gasteiger partial charge in [-0.2, -0.15) is 0 Å². The van der Waals surface area contributed by atoms with E-state index < -0.39 is 0 Å². The van der Waals surface area contributed by atoms with Gasteiger partial charge in [-0.1, -0.05) is 26.0 Å². The normalized spacial score (nSPS) is 20.3. The van der Waals surface area contributed by atoms with Crippen LogP contribution in [0.15, 0.2) is 42.5 Å². The van der Waals surface area contributed by atoms with E-state index in [0.29, 0.717) is 30.7 Å². The Hall–Kier alpha value is -1.90. The lowest BCUT2D eigenvalue weighted by Crippen LogP contribution is -2.58. The Kier molecular flexibility index (Phi) is 12.6. The number of fused-ring (bicyclic) bond motifs is 1. The minimum Gasteiger partial charge on any atom is -0.508 e. The number of phenolic OH excluding ortho intramolecular Hbond substituents is 2. The van der Waals surface area contributed by atoms with Crippen LogP contribution in [0.2, 0.25) is 0 Å². The smallest absolute Gasteiger partial charge is 0.237 e. The Morgan fingerprint density at radius 3 is 2.44 bits per heavy atom. The van der Waals surface area contributed by atoms with Crippen LogP contribution in [0.4, 0.5) is 5.69 Å². The van der Waals surface area contributed by atoms with Crippen LogP contribution >= 0.6 is 37.2 Å². The molecule has 4 N–H and O–H groups in total. The van der Waals surface area contributed by atoms with Gasteiger partial charge in [-0.3, -0.25) is 9.69 Å². The van der Waals surface area contributed by atoms with Crippen molar-refractivity contribution in [3.05, 3.63) is 53.6 Å². The van der Waals surface area contributed by atoms with Crippen molar-refractivity contribution in [2.75, 3.05) is 31.1 Å². The Morgan fingerprint density at radius 2 is 1.78 bits per heavy atom. The molecule has 36 heavy (non-hydrogen) atoms. The van der Waals surface area contributed by atoms with Gasteiger partial charge in [0.1, 0.15) is 11.5 Å². The van der Waals surface area contributed by atoms with Crippen molar-refractivity contribution in [1.82, 2.24) is 15.5 Å². The second-order valence-corrected chi connectivity index (χ2v) is 9.77. The van der Waals surface area contributed by atoms with Gasteiger partial charge < -0.3 is 25.7 Å². The molecule has 0 aliphatic carbocycles. The number of halogens is 3. The van der Waals surface area contributed by atoms with E-state index in [1.165, 1.54) is 0 Å². The number of carbonyl (C=O) groups excluding carboxylic acids is 1. The maximum Gasteiger partial charge on any atom is 0.237 e. The number of piperazine rings is 1. The molecule has 0 bridgehead atoms. The first-order valence-electron chi connectivity index (χ1n) is 11.9. The number of hydrogen-bond acceptors (Lipinski definition) is 6. The van der Waals surface area contributed by atoms with Gasteiger partial charge in [-0.25, -0.2) is 0 Å². The first-order valence-corrected chi connectivity index (χ1v) is 11.9. The summed E-state index contributed by atoms with van der Waals surface area (Å²) >= 11 is 0. The lowest BCUT2D eigenvalue weighted by Gasteiger charge is -2.43. The van der Waals surface area contributed by atoms with Crippen molar-refractivity contribution in [3.8, 4) is 11.5 Å². The second kappa shape index (κ2) is 14.1. The number of rotatable bonds is 6. The van der Waals surface area contributed by atoms with Crippen molar-refractivity contribution in [2.45, 2.75) is 51.9 Å². The zero-order valence-corrected chi connectivity index (χ0v) is 23.5. The topological polar surface area (TPSA) is 88.1 Å². The number of carbonyl (C=O) groups is 1. The Labute approximate surface area is 232 Å². The van der Waals surface area contributed by atoms with E-state index in [4.69, 9.17) is 0 Å². The minimum absolute atomic E-state index is 0. The average Bonchev–Trinajstić information content (AvgIpc) is 2.78. The van der Waals surface area contributed by atoms with Crippen LogP contribution < -0.4 is 15.5 Å². The highest BCUT2D eigenvalue weighted by molar-refractivity contribution is 5.86. The Balaban J connectivity index is 0.00000216. The molecule has 2 aliphatic heterocycles. The third-order valence-corrected chi connectivity index (χ3v) is 6.93. The molecule has 0 unspecified atom stereocenters. The summed E-state index contributed by atoms with van der Waals surface area (Å²) in [6, 6.07) is 12.9. The molecule has 1 amide bonds. The van der Waals surface area contributed by atoms with Gasteiger partial charge in [-0.15, -0.1) is 37.2 Å². The summed E-state index contributed by atoms with van der Waals surface area (Å²) in [5.74, 6) is 0.914. The van der Waals surface area contributed by atoms with E-state index >= 15 is 0 Å². The largest absolute Gasteiger partial charge is 0.508 e. The monoisotopic (exact) mass is 560 g/mol. The number of anilines is 1. The molecule has 4 rings (SSSR count). The maximum absolute atomic E-state index is 13.1. The average molecular weight is 562 g/mol. The van der Waals surface area contributed by atoms with Gasteiger partial charge in [0.25, 0.3) is 0 Å². The summed E-state index contributed by atoms with van der Waals surface area (Å²) in [6.45, 7) is 10.6. The van der Waals surface area contributed by atoms with Gasteiger partial charge in [0.05, 0.1) is 6.04 Å². The first-order chi connectivity index (χ1) is 15.8. The standard InChI is InChI=1S/C26H36N4O3.3ClH/c1-17(2)25(28-26(33)24-12-19-7-8-23(32)11-20(19)14-27-24)16-29-9-10-30(18(3)15-29)21-5-4-6-22(31)13-21;;;/h4-8,11,13,17-18,24-25,27,31-32H,9-10,12,14-16H2,1-3H3,(H,28,33);3*1H/t18-,24+,25+;;;/m0.../s1. The predicted octanol–water partition coefficient (Wildman–Crippen LogP) is 3.73. The van der Waals surface area contributed by atoms with Crippen LogP contribution in [0.25, 0.3) is 0 Å². The number of nitrogens with one attached hydrogen (secondary N) is 2. The zero-order valence-electron chi connectivity index (χ0n) is 21.0. The highest BCUT2D eigenvalue weighted by Crippen LogP contribution is 2.25. The lowest BCUT2D eigenvalue weighted by atomic mass is 9.94. The van der Waals surface area contributed by atoms with E-state index in [1.54, 1.807) is 18.2 Å². The van der Waals surface area contributed by atoms with E-state index in [9.17, 15) is 15.0 Å². The number of phenols is 2.